The quantitative estimate of drug-likeness (QED) is 0.593. The van der Waals surface area contributed by atoms with Crippen LogP contribution in [0.4, 0.5) is 0 Å². The molecule has 0 spiro atoms. The Balaban J connectivity index is 2.33. The predicted octanol–water partition coefficient (Wildman–Crippen LogP) is 1.23. The second-order valence-corrected chi connectivity index (χ2v) is 4.45. The average Bonchev–Trinajstić information content (AvgIpc) is 2.31. The molecule has 3 nitrogen and oxygen atoms in total. The lowest BCUT2D eigenvalue weighted by Gasteiger charge is -2.35. The highest BCUT2D eigenvalue weighted by Gasteiger charge is 2.51. The van der Waals surface area contributed by atoms with Gasteiger partial charge in [0.05, 0.1) is 0 Å². The molecular weight excluding hydrogens is 180 g/mol. The number of rotatable bonds is 0. The molecular formula is C11H16O3. The van der Waals surface area contributed by atoms with Gasteiger partial charge in [0, 0.05) is 18.8 Å². The third kappa shape index (κ3) is 1.31. The van der Waals surface area contributed by atoms with Gasteiger partial charge in [-0.2, -0.15) is 0 Å². The molecule has 1 N–H and O–H groups in total. The van der Waals surface area contributed by atoms with Crippen molar-refractivity contribution in [3.8, 4) is 0 Å². The van der Waals surface area contributed by atoms with Crippen molar-refractivity contribution >= 4 is 11.6 Å². The van der Waals surface area contributed by atoms with Crippen molar-refractivity contribution in [3.63, 3.8) is 0 Å². The van der Waals surface area contributed by atoms with Crippen molar-refractivity contribution in [3.05, 3.63) is 0 Å². The van der Waals surface area contributed by atoms with Crippen LogP contribution in [0.3, 0.4) is 0 Å². The van der Waals surface area contributed by atoms with E-state index in [0.717, 1.165) is 32.1 Å². The molecule has 0 unspecified atom stereocenters. The summed E-state index contributed by atoms with van der Waals surface area (Å²) in [6.45, 7) is 0. The summed E-state index contributed by atoms with van der Waals surface area (Å²) in [6.07, 6.45) is 5.02. The predicted molar refractivity (Wildman–Crippen MR) is 50.8 cm³/mol. The van der Waals surface area contributed by atoms with Gasteiger partial charge in [0.25, 0.3) is 0 Å². The number of hydrogen-bond donors (Lipinski definition) is 1. The number of carbonyl (C=O) groups excluding carboxylic acids is 2. The van der Waals surface area contributed by atoms with Gasteiger partial charge >= 0.3 is 0 Å². The Morgan fingerprint density at radius 2 is 1.57 bits per heavy atom. The molecule has 3 heteroatoms. The lowest BCUT2D eigenvalue weighted by atomic mass is 9.71. The number of fused-ring (bicyclic) bond motifs is 1. The Hall–Kier alpha value is -0.700. The molecule has 2 rings (SSSR count). The Morgan fingerprint density at radius 3 is 2.29 bits per heavy atom. The maximum Gasteiger partial charge on any atom is 0.183 e. The van der Waals surface area contributed by atoms with E-state index < -0.39 is 5.60 Å². The van der Waals surface area contributed by atoms with Gasteiger partial charge in [-0.1, -0.05) is 6.42 Å². The SMILES string of the molecule is O=C1CCCC[C@H]2CCCC(=O)[C@]12O. The minimum absolute atomic E-state index is 0.0984. The summed E-state index contributed by atoms with van der Waals surface area (Å²) in [4.78, 5) is 23.4. The maximum atomic E-state index is 11.7. The first-order valence-electron chi connectivity index (χ1n) is 5.44. The van der Waals surface area contributed by atoms with Crippen molar-refractivity contribution < 1.29 is 14.7 Å². The van der Waals surface area contributed by atoms with Crippen LogP contribution in [0, 0.1) is 5.92 Å². The van der Waals surface area contributed by atoms with Crippen molar-refractivity contribution in [2.24, 2.45) is 5.92 Å². The van der Waals surface area contributed by atoms with Gasteiger partial charge in [-0.3, -0.25) is 9.59 Å². The zero-order valence-corrected chi connectivity index (χ0v) is 8.29. The number of hydrogen-bond acceptors (Lipinski definition) is 3. The highest BCUT2D eigenvalue weighted by Crippen LogP contribution is 2.38. The minimum atomic E-state index is -1.60. The van der Waals surface area contributed by atoms with Crippen LogP contribution in [0.2, 0.25) is 0 Å². The van der Waals surface area contributed by atoms with Crippen LogP contribution in [-0.2, 0) is 9.59 Å². The van der Waals surface area contributed by atoms with Crippen LogP contribution in [0.25, 0.3) is 0 Å². The molecule has 2 atom stereocenters. The molecule has 2 aliphatic rings. The lowest BCUT2D eigenvalue weighted by Crippen LogP contribution is -2.54. The van der Waals surface area contributed by atoms with Crippen LogP contribution in [-0.4, -0.2) is 22.3 Å². The molecule has 14 heavy (non-hydrogen) atoms. The van der Waals surface area contributed by atoms with Crippen LogP contribution in [0.1, 0.15) is 44.9 Å². The molecule has 0 amide bonds. The highest BCUT2D eigenvalue weighted by molar-refractivity contribution is 6.10. The van der Waals surface area contributed by atoms with E-state index in [9.17, 15) is 14.7 Å². The van der Waals surface area contributed by atoms with Crippen LogP contribution >= 0.6 is 0 Å². The van der Waals surface area contributed by atoms with Gasteiger partial charge in [-0.05, 0) is 25.7 Å². The van der Waals surface area contributed by atoms with Crippen molar-refractivity contribution in [2.45, 2.75) is 50.5 Å². The highest BCUT2D eigenvalue weighted by atomic mass is 16.3. The van der Waals surface area contributed by atoms with Crippen LogP contribution in [0.15, 0.2) is 0 Å². The Kier molecular flexibility index (Phi) is 2.43. The number of Topliss-reactive ketones (excluding diaryl/α,β-unsaturated/α-hetero) is 2. The largest absolute Gasteiger partial charge is 0.374 e. The molecule has 78 valence electrons. The third-order valence-electron chi connectivity index (χ3n) is 3.60. The second-order valence-electron chi connectivity index (χ2n) is 4.45. The first-order chi connectivity index (χ1) is 6.65. The molecule has 2 aliphatic carbocycles. The van der Waals surface area contributed by atoms with Gasteiger partial charge in [-0.25, -0.2) is 0 Å². The van der Waals surface area contributed by atoms with Crippen LogP contribution in [0.5, 0.6) is 0 Å². The smallest absolute Gasteiger partial charge is 0.183 e. The van der Waals surface area contributed by atoms with Gasteiger partial charge in [0.2, 0.25) is 0 Å². The fourth-order valence-corrected chi connectivity index (χ4v) is 2.74. The number of ketones is 2. The summed E-state index contributed by atoms with van der Waals surface area (Å²) in [5.41, 5.74) is -1.60. The van der Waals surface area contributed by atoms with E-state index in [0.29, 0.717) is 12.8 Å². The summed E-state index contributed by atoms with van der Waals surface area (Å²) >= 11 is 0. The van der Waals surface area contributed by atoms with E-state index in [1.807, 2.05) is 0 Å². The summed E-state index contributed by atoms with van der Waals surface area (Å²) < 4.78 is 0. The zero-order valence-electron chi connectivity index (χ0n) is 8.29. The van der Waals surface area contributed by atoms with E-state index in [1.165, 1.54) is 0 Å². The van der Waals surface area contributed by atoms with E-state index in [1.54, 1.807) is 0 Å². The fraction of sp³-hybridized carbons (Fsp3) is 0.818. The molecule has 0 aliphatic heterocycles. The van der Waals surface area contributed by atoms with Gasteiger partial charge in [0.15, 0.2) is 17.2 Å². The molecule has 0 aromatic carbocycles. The Morgan fingerprint density at radius 1 is 1.00 bits per heavy atom. The molecule has 0 aromatic rings. The first-order valence-corrected chi connectivity index (χ1v) is 5.44. The molecule has 2 saturated carbocycles. The summed E-state index contributed by atoms with van der Waals surface area (Å²) in [5.74, 6) is -0.566. The van der Waals surface area contributed by atoms with E-state index in [4.69, 9.17) is 0 Å². The summed E-state index contributed by atoms with van der Waals surface area (Å²) in [7, 11) is 0. The first kappa shape index (κ1) is 9.84. The normalized spacial score (nSPS) is 39.1. The van der Waals surface area contributed by atoms with E-state index in [-0.39, 0.29) is 17.5 Å². The molecule has 0 bridgehead atoms. The van der Waals surface area contributed by atoms with E-state index >= 15 is 0 Å². The summed E-state index contributed by atoms with van der Waals surface area (Å²) in [6, 6.07) is 0. The number of carbonyl (C=O) groups is 2. The van der Waals surface area contributed by atoms with Crippen molar-refractivity contribution in [1.29, 1.82) is 0 Å². The van der Waals surface area contributed by atoms with Gasteiger partial charge < -0.3 is 5.11 Å². The zero-order chi connectivity index (χ0) is 10.2. The van der Waals surface area contributed by atoms with Crippen molar-refractivity contribution in [1.82, 2.24) is 0 Å². The molecule has 0 heterocycles. The van der Waals surface area contributed by atoms with Gasteiger partial charge in [0.1, 0.15) is 0 Å². The van der Waals surface area contributed by atoms with Gasteiger partial charge in [-0.15, -0.1) is 0 Å². The minimum Gasteiger partial charge on any atom is -0.374 e. The lowest BCUT2D eigenvalue weighted by molar-refractivity contribution is -0.159. The monoisotopic (exact) mass is 196 g/mol. The molecule has 2 fully saturated rings. The second kappa shape index (κ2) is 3.46. The topological polar surface area (TPSA) is 54.4 Å². The average molecular weight is 196 g/mol. The van der Waals surface area contributed by atoms with E-state index in [2.05, 4.69) is 0 Å². The third-order valence-corrected chi connectivity index (χ3v) is 3.60. The molecule has 0 saturated heterocycles. The number of aliphatic hydroxyl groups is 1. The molecule has 0 aromatic heterocycles. The van der Waals surface area contributed by atoms with Crippen LogP contribution < -0.4 is 0 Å². The maximum absolute atomic E-state index is 11.7. The summed E-state index contributed by atoms with van der Waals surface area (Å²) in [5, 5.41) is 10.2. The Bertz CT molecular complexity index is 272. The van der Waals surface area contributed by atoms with Crippen molar-refractivity contribution in [2.75, 3.05) is 0 Å². The Labute approximate surface area is 83.5 Å². The fourth-order valence-electron chi connectivity index (χ4n) is 2.74. The standard InChI is InChI=1S/C11H16O3/c12-9-6-2-1-4-8-5-3-7-10(13)11(8,9)14/h8,14H,1-7H2/t8-,11+/m0/s1. The molecule has 0 radical (unpaired) electrons.